The Balaban J connectivity index is 1.17. The van der Waals surface area contributed by atoms with Crippen LogP contribution in [0.4, 0.5) is 0 Å². The van der Waals surface area contributed by atoms with Crippen molar-refractivity contribution in [1.82, 2.24) is 15.3 Å². The van der Waals surface area contributed by atoms with Crippen LogP contribution in [0.25, 0.3) is 6.08 Å². The number of hydrogen-bond donors (Lipinski definition) is 3. The number of carbonyl (C=O) groups is 3. The Bertz CT molecular complexity index is 1880. The van der Waals surface area contributed by atoms with Crippen molar-refractivity contribution in [3.63, 3.8) is 0 Å². The van der Waals surface area contributed by atoms with E-state index < -0.39 is 65.5 Å². The molecule has 13 heteroatoms. The molecule has 3 N–H and O–H groups in total. The fraction of sp³-hybridized carbons (Fsp3) is 0.439. The SMILES string of the molecule is CN(C(=O)C12CC3OC(=O)C1N(Cc1ccccc1C=COCCO)OC2C1OC2(Cc4ccccc4C2)OC31)C(Cc1ccccc1)C(=O)NCCO. The minimum atomic E-state index is -1.50. The Labute approximate surface area is 313 Å². The number of esters is 1. The lowest BCUT2D eigenvalue weighted by molar-refractivity contribution is -0.218. The fourth-order valence-electron chi connectivity index (χ4n) is 9.00. The first-order valence-electron chi connectivity index (χ1n) is 18.5. The average Bonchev–Trinajstić information content (AvgIpc) is 3.86. The minimum absolute atomic E-state index is 0.0200. The highest BCUT2D eigenvalue weighted by Crippen LogP contribution is 2.59. The van der Waals surface area contributed by atoms with Gasteiger partial charge < -0.3 is 39.4 Å². The Hall–Kier alpha value is -4.63. The van der Waals surface area contributed by atoms with Gasteiger partial charge in [0.05, 0.1) is 26.0 Å². The maximum absolute atomic E-state index is 15.4. The van der Waals surface area contributed by atoms with E-state index in [0.717, 1.165) is 27.8 Å². The summed E-state index contributed by atoms with van der Waals surface area (Å²) in [5.41, 5.74) is 3.14. The van der Waals surface area contributed by atoms with Crippen LogP contribution < -0.4 is 5.32 Å². The van der Waals surface area contributed by atoms with Gasteiger partial charge in [0, 0.05) is 39.3 Å². The van der Waals surface area contributed by atoms with Gasteiger partial charge in [-0.2, -0.15) is 5.06 Å². The molecule has 0 radical (unpaired) electrons. The summed E-state index contributed by atoms with van der Waals surface area (Å²) in [6.45, 7) is -0.113. The quantitative estimate of drug-likeness (QED) is 0.134. The van der Waals surface area contributed by atoms with Crippen LogP contribution in [-0.4, -0.2) is 114 Å². The van der Waals surface area contributed by atoms with Gasteiger partial charge >= 0.3 is 5.97 Å². The van der Waals surface area contributed by atoms with E-state index in [1.54, 1.807) is 13.1 Å². The summed E-state index contributed by atoms with van der Waals surface area (Å²) in [4.78, 5) is 51.8. The molecule has 2 aliphatic carbocycles. The van der Waals surface area contributed by atoms with Crippen LogP contribution in [-0.2, 0) is 64.0 Å². The van der Waals surface area contributed by atoms with Crippen LogP contribution in [0.1, 0.15) is 34.2 Å². The lowest BCUT2D eigenvalue weighted by Gasteiger charge is -2.50. The van der Waals surface area contributed by atoms with Gasteiger partial charge in [0.1, 0.15) is 42.5 Å². The molecule has 3 saturated heterocycles. The van der Waals surface area contributed by atoms with Gasteiger partial charge in [0.25, 0.3) is 0 Å². The van der Waals surface area contributed by atoms with Gasteiger partial charge in [0.15, 0.2) is 11.8 Å². The molecule has 8 rings (SSSR count). The molecule has 1 saturated carbocycles. The van der Waals surface area contributed by atoms with Crippen LogP contribution in [0.3, 0.4) is 0 Å². The summed E-state index contributed by atoms with van der Waals surface area (Å²) in [5.74, 6) is -2.50. The van der Waals surface area contributed by atoms with Gasteiger partial charge in [0.2, 0.25) is 11.8 Å². The van der Waals surface area contributed by atoms with E-state index >= 15 is 4.79 Å². The molecular weight excluding hydrogens is 694 g/mol. The third-order valence-corrected chi connectivity index (χ3v) is 11.4. The number of rotatable bonds is 13. The number of aliphatic hydroxyl groups is 2. The maximum atomic E-state index is 15.4. The van der Waals surface area contributed by atoms with E-state index in [4.69, 9.17) is 28.9 Å². The molecule has 3 heterocycles. The Kier molecular flexibility index (Phi) is 10.0. The molecule has 2 bridgehead atoms. The van der Waals surface area contributed by atoms with Crippen molar-refractivity contribution in [3.8, 4) is 0 Å². The molecule has 54 heavy (non-hydrogen) atoms. The number of fused-ring (bicyclic) bond motifs is 5. The third-order valence-electron chi connectivity index (χ3n) is 11.4. The Morgan fingerprint density at radius 2 is 1.69 bits per heavy atom. The lowest BCUT2D eigenvalue weighted by Crippen LogP contribution is -2.70. The Morgan fingerprint density at radius 3 is 2.43 bits per heavy atom. The zero-order valence-electron chi connectivity index (χ0n) is 30.0. The number of carbonyl (C=O) groups excluding carboxylic acids is 3. The van der Waals surface area contributed by atoms with Crippen LogP contribution in [0.2, 0.25) is 0 Å². The normalized spacial score (nSPS) is 28.1. The second-order valence-corrected chi connectivity index (χ2v) is 14.7. The first kappa shape index (κ1) is 36.4. The number of likely N-dealkylation sites (N-methyl/N-ethyl adjacent to an activating group) is 1. The number of hydrogen-bond acceptors (Lipinski definition) is 11. The van der Waals surface area contributed by atoms with E-state index in [-0.39, 0.29) is 45.8 Å². The van der Waals surface area contributed by atoms with E-state index in [9.17, 15) is 14.7 Å². The molecule has 3 aliphatic heterocycles. The Morgan fingerprint density at radius 1 is 0.981 bits per heavy atom. The van der Waals surface area contributed by atoms with Crippen molar-refractivity contribution in [1.29, 1.82) is 0 Å². The number of hydroxylamine groups is 2. The molecule has 7 unspecified atom stereocenters. The van der Waals surface area contributed by atoms with Gasteiger partial charge in [-0.1, -0.05) is 78.9 Å². The van der Waals surface area contributed by atoms with Gasteiger partial charge in [-0.3, -0.25) is 19.2 Å². The molecular formula is C41H45N3O10. The maximum Gasteiger partial charge on any atom is 0.327 e. The molecule has 3 aromatic carbocycles. The largest absolute Gasteiger partial charge is 0.499 e. The monoisotopic (exact) mass is 739 g/mol. The molecule has 2 amide bonds. The molecule has 3 aromatic rings. The van der Waals surface area contributed by atoms with Crippen LogP contribution in [0.5, 0.6) is 0 Å². The van der Waals surface area contributed by atoms with Crippen LogP contribution in [0.15, 0.2) is 85.1 Å². The first-order chi connectivity index (χ1) is 26.3. The number of ether oxygens (including phenoxy) is 4. The van der Waals surface area contributed by atoms with Gasteiger partial charge in [-0.25, -0.2) is 0 Å². The number of amides is 2. The number of nitrogens with zero attached hydrogens (tertiary/aromatic N) is 2. The summed E-state index contributed by atoms with van der Waals surface area (Å²) in [7, 11) is 1.58. The summed E-state index contributed by atoms with van der Waals surface area (Å²) >= 11 is 0. The third kappa shape index (κ3) is 6.38. The average molecular weight is 740 g/mol. The molecule has 7 atom stereocenters. The smallest absolute Gasteiger partial charge is 0.327 e. The van der Waals surface area contributed by atoms with Crippen molar-refractivity contribution in [3.05, 3.63) is 113 Å². The van der Waals surface area contributed by atoms with Crippen molar-refractivity contribution in [2.45, 2.75) is 74.5 Å². The summed E-state index contributed by atoms with van der Waals surface area (Å²) in [6.07, 6.45) is 1.37. The number of aliphatic hydroxyl groups excluding tert-OH is 2. The van der Waals surface area contributed by atoms with Crippen LogP contribution in [0, 0.1) is 5.41 Å². The summed E-state index contributed by atoms with van der Waals surface area (Å²) in [6, 6.07) is 22.9. The molecule has 5 aliphatic rings. The lowest BCUT2D eigenvalue weighted by atomic mass is 9.62. The predicted molar refractivity (Wildman–Crippen MR) is 193 cm³/mol. The van der Waals surface area contributed by atoms with E-state index in [1.807, 2.05) is 66.7 Å². The van der Waals surface area contributed by atoms with Gasteiger partial charge in [-0.05, 0) is 33.9 Å². The van der Waals surface area contributed by atoms with Crippen molar-refractivity contribution >= 4 is 23.9 Å². The predicted octanol–water partition coefficient (Wildman–Crippen LogP) is 1.92. The molecule has 1 spiro atoms. The highest BCUT2D eigenvalue weighted by molar-refractivity contribution is 5.96. The molecule has 0 aromatic heterocycles. The zero-order valence-corrected chi connectivity index (χ0v) is 30.0. The highest BCUT2D eigenvalue weighted by atomic mass is 16.8. The topological polar surface area (TPSA) is 156 Å². The summed E-state index contributed by atoms with van der Waals surface area (Å²) in [5, 5.41) is 23.0. The van der Waals surface area contributed by atoms with E-state index in [1.165, 1.54) is 16.2 Å². The van der Waals surface area contributed by atoms with E-state index in [0.29, 0.717) is 12.8 Å². The molecule has 284 valence electrons. The van der Waals surface area contributed by atoms with Crippen molar-refractivity contribution in [2.75, 3.05) is 33.4 Å². The van der Waals surface area contributed by atoms with Crippen molar-refractivity contribution in [2.24, 2.45) is 5.41 Å². The number of nitrogens with one attached hydrogen (secondary N) is 1. The fourth-order valence-corrected chi connectivity index (χ4v) is 9.00. The zero-order chi connectivity index (χ0) is 37.5. The number of benzene rings is 3. The molecule has 13 nitrogen and oxygen atoms in total. The van der Waals surface area contributed by atoms with Crippen molar-refractivity contribution < 1.29 is 48.4 Å². The second kappa shape index (κ2) is 14.9. The van der Waals surface area contributed by atoms with Crippen LogP contribution >= 0.6 is 0 Å². The van der Waals surface area contributed by atoms with Gasteiger partial charge in [-0.15, -0.1) is 0 Å². The highest BCUT2D eigenvalue weighted by Gasteiger charge is 2.77. The first-order valence-corrected chi connectivity index (χ1v) is 18.5. The second-order valence-electron chi connectivity index (χ2n) is 14.7. The minimum Gasteiger partial charge on any atom is -0.499 e. The standard InChI is InChI=1S/C41H45N3O10/c1-43(31(37(47)42-16-17-45)21-26-9-3-2-4-10-26)39(49)41-24-32-33-34(53-40(52-33)22-28-12-6-7-13-29(28)23-40)36(41)54-44(35(41)38(48)51-32)25-30-14-8-5-11-27(30)15-19-50-20-18-46/h2-15,19,31-36,45-46H,16-18,20-25H2,1H3,(H,42,47). The van der Waals surface area contributed by atoms with E-state index in [2.05, 4.69) is 17.4 Å². The molecule has 4 fully saturated rings. The summed E-state index contributed by atoms with van der Waals surface area (Å²) < 4.78 is 25.2.